The Labute approximate surface area is 137 Å². The molecule has 1 heterocycles. The molecule has 0 bridgehead atoms. The van der Waals surface area contributed by atoms with E-state index in [9.17, 15) is 13.2 Å². The number of nitrogens with one attached hydrogen (secondary N) is 1. The van der Waals surface area contributed by atoms with Crippen molar-refractivity contribution in [1.82, 2.24) is 9.62 Å². The van der Waals surface area contributed by atoms with Gasteiger partial charge < -0.3 is 10.1 Å². The molecule has 1 aromatic rings. The molecule has 1 saturated heterocycles. The summed E-state index contributed by atoms with van der Waals surface area (Å²) in [6.45, 7) is 2.62. The highest BCUT2D eigenvalue weighted by molar-refractivity contribution is 7.89. The topological polar surface area (TPSA) is 75.7 Å². The smallest absolute Gasteiger partial charge is 0.251 e. The van der Waals surface area contributed by atoms with E-state index in [0.29, 0.717) is 17.9 Å². The van der Waals surface area contributed by atoms with Gasteiger partial charge in [-0.2, -0.15) is 4.31 Å². The SMILES string of the molecule is COc1ccc(C(=O)NCCS(=O)(=O)N2CCCC[C@H]2C)cc1. The van der Waals surface area contributed by atoms with E-state index in [0.717, 1.165) is 19.3 Å². The lowest BCUT2D eigenvalue weighted by Crippen LogP contribution is -2.45. The summed E-state index contributed by atoms with van der Waals surface area (Å²) < 4.78 is 31.3. The average Bonchev–Trinajstić information content (AvgIpc) is 2.55. The molecule has 1 amide bonds. The third kappa shape index (κ3) is 4.68. The van der Waals surface area contributed by atoms with Gasteiger partial charge in [0.1, 0.15) is 5.75 Å². The van der Waals surface area contributed by atoms with Crippen LogP contribution in [0.3, 0.4) is 0 Å². The lowest BCUT2D eigenvalue weighted by molar-refractivity contribution is 0.0956. The Bertz CT molecular complexity index is 628. The Balaban J connectivity index is 1.86. The summed E-state index contributed by atoms with van der Waals surface area (Å²) in [5.41, 5.74) is 0.481. The number of hydrogen-bond acceptors (Lipinski definition) is 4. The summed E-state index contributed by atoms with van der Waals surface area (Å²) in [5.74, 6) is 0.317. The largest absolute Gasteiger partial charge is 0.497 e. The monoisotopic (exact) mass is 340 g/mol. The molecule has 0 aromatic heterocycles. The van der Waals surface area contributed by atoms with Gasteiger partial charge in [-0.3, -0.25) is 4.79 Å². The lowest BCUT2D eigenvalue weighted by Gasteiger charge is -2.32. The van der Waals surface area contributed by atoms with Crippen LogP contribution in [-0.4, -0.2) is 50.6 Å². The molecule has 0 unspecified atom stereocenters. The van der Waals surface area contributed by atoms with Crippen LogP contribution in [0, 0.1) is 0 Å². The maximum absolute atomic E-state index is 12.4. The molecule has 7 heteroatoms. The zero-order valence-corrected chi connectivity index (χ0v) is 14.4. The molecule has 0 saturated carbocycles. The van der Waals surface area contributed by atoms with E-state index in [4.69, 9.17) is 4.74 Å². The van der Waals surface area contributed by atoms with Crippen LogP contribution in [0.1, 0.15) is 36.5 Å². The van der Waals surface area contributed by atoms with Crippen molar-refractivity contribution < 1.29 is 17.9 Å². The number of sulfonamides is 1. The van der Waals surface area contributed by atoms with E-state index >= 15 is 0 Å². The van der Waals surface area contributed by atoms with Crippen molar-refractivity contribution in [3.63, 3.8) is 0 Å². The molecule has 1 fully saturated rings. The van der Waals surface area contributed by atoms with E-state index in [1.807, 2.05) is 6.92 Å². The fraction of sp³-hybridized carbons (Fsp3) is 0.562. The van der Waals surface area contributed by atoms with Crippen molar-refractivity contribution in [2.24, 2.45) is 0 Å². The molecule has 1 aliphatic rings. The summed E-state index contributed by atoms with van der Waals surface area (Å²) in [6, 6.07) is 6.73. The van der Waals surface area contributed by atoms with Crippen LogP contribution in [0.15, 0.2) is 24.3 Å². The number of nitrogens with zero attached hydrogens (tertiary/aromatic N) is 1. The number of hydrogen-bond donors (Lipinski definition) is 1. The van der Waals surface area contributed by atoms with Gasteiger partial charge in [0, 0.05) is 24.7 Å². The maximum atomic E-state index is 12.4. The first-order chi connectivity index (χ1) is 10.9. The first-order valence-corrected chi connectivity index (χ1v) is 9.47. The number of carbonyl (C=O) groups excluding carboxylic acids is 1. The third-order valence-corrected chi connectivity index (χ3v) is 6.07. The Morgan fingerprint density at radius 2 is 2.00 bits per heavy atom. The van der Waals surface area contributed by atoms with Crippen molar-refractivity contribution in [3.8, 4) is 5.75 Å². The van der Waals surface area contributed by atoms with Crippen LogP contribution in [0.2, 0.25) is 0 Å². The molecule has 128 valence electrons. The predicted molar refractivity (Wildman–Crippen MR) is 89.1 cm³/mol. The van der Waals surface area contributed by atoms with Crippen LogP contribution in [0.5, 0.6) is 5.75 Å². The van der Waals surface area contributed by atoms with Crippen LogP contribution in [-0.2, 0) is 10.0 Å². The van der Waals surface area contributed by atoms with Gasteiger partial charge in [0.05, 0.1) is 12.9 Å². The molecule has 1 atom stereocenters. The Morgan fingerprint density at radius 3 is 2.61 bits per heavy atom. The molecule has 0 spiro atoms. The molecule has 1 aromatic carbocycles. The third-order valence-electron chi connectivity index (χ3n) is 4.10. The zero-order chi connectivity index (χ0) is 16.9. The Kier molecular flexibility index (Phi) is 6.01. The zero-order valence-electron chi connectivity index (χ0n) is 13.6. The molecule has 2 rings (SSSR count). The minimum atomic E-state index is -3.32. The van der Waals surface area contributed by atoms with E-state index < -0.39 is 10.0 Å². The molecule has 0 aliphatic carbocycles. The first-order valence-electron chi connectivity index (χ1n) is 7.86. The Morgan fingerprint density at radius 1 is 1.30 bits per heavy atom. The van der Waals surface area contributed by atoms with Gasteiger partial charge in [0.25, 0.3) is 5.91 Å². The normalized spacial score (nSPS) is 19.3. The number of piperidine rings is 1. The summed E-state index contributed by atoms with van der Waals surface area (Å²) in [6.07, 6.45) is 2.88. The van der Waals surface area contributed by atoms with Crippen molar-refractivity contribution in [3.05, 3.63) is 29.8 Å². The minimum Gasteiger partial charge on any atom is -0.497 e. The number of amides is 1. The van der Waals surface area contributed by atoms with Gasteiger partial charge in [0.2, 0.25) is 10.0 Å². The number of carbonyl (C=O) groups is 1. The van der Waals surface area contributed by atoms with Crippen LogP contribution < -0.4 is 10.1 Å². The number of methoxy groups -OCH3 is 1. The van der Waals surface area contributed by atoms with Gasteiger partial charge in [-0.25, -0.2) is 8.42 Å². The van der Waals surface area contributed by atoms with E-state index in [-0.39, 0.29) is 24.2 Å². The summed E-state index contributed by atoms with van der Waals surface area (Å²) in [5, 5.41) is 2.66. The van der Waals surface area contributed by atoms with Gasteiger partial charge >= 0.3 is 0 Å². The number of benzene rings is 1. The van der Waals surface area contributed by atoms with Crippen LogP contribution in [0.25, 0.3) is 0 Å². The highest BCUT2D eigenvalue weighted by atomic mass is 32.2. The van der Waals surface area contributed by atoms with Gasteiger partial charge in [-0.15, -0.1) is 0 Å². The molecule has 6 nitrogen and oxygen atoms in total. The lowest BCUT2D eigenvalue weighted by atomic mass is 10.1. The van der Waals surface area contributed by atoms with Gasteiger partial charge in [-0.1, -0.05) is 6.42 Å². The summed E-state index contributed by atoms with van der Waals surface area (Å²) in [4.78, 5) is 12.0. The van der Waals surface area contributed by atoms with Crippen LogP contribution >= 0.6 is 0 Å². The first kappa shape index (κ1) is 17.7. The second-order valence-electron chi connectivity index (χ2n) is 5.76. The Hall–Kier alpha value is -1.60. The van der Waals surface area contributed by atoms with Crippen molar-refractivity contribution in [2.75, 3.05) is 26.0 Å². The van der Waals surface area contributed by atoms with E-state index in [1.165, 1.54) is 0 Å². The fourth-order valence-electron chi connectivity index (χ4n) is 2.74. The highest BCUT2D eigenvalue weighted by Crippen LogP contribution is 2.20. The van der Waals surface area contributed by atoms with E-state index in [2.05, 4.69) is 5.32 Å². The summed E-state index contributed by atoms with van der Waals surface area (Å²) >= 11 is 0. The quantitative estimate of drug-likeness (QED) is 0.854. The second-order valence-corrected chi connectivity index (χ2v) is 7.80. The molecular formula is C16H24N2O4S. The summed E-state index contributed by atoms with van der Waals surface area (Å²) in [7, 11) is -1.77. The van der Waals surface area contributed by atoms with Crippen molar-refractivity contribution in [2.45, 2.75) is 32.2 Å². The minimum absolute atomic E-state index is 0.0473. The standard InChI is InChI=1S/C16H24N2O4S/c1-13-5-3-4-11-18(13)23(20,21)12-10-17-16(19)14-6-8-15(22-2)9-7-14/h6-9,13H,3-5,10-12H2,1-2H3,(H,17,19)/t13-/m1/s1. The van der Waals surface area contributed by atoms with Gasteiger partial charge in [-0.05, 0) is 44.0 Å². The van der Waals surface area contributed by atoms with Crippen molar-refractivity contribution >= 4 is 15.9 Å². The molecule has 23 heavy (non-hydrogen) atoms. The molecule has 1 N–H and O–H groups in total. The predicted octanol–water partition coefficient (Wildman–Crippen LogP) is 1.63. The molecule has 1 aliphatic heterocycles. The highest BCUT2D eigenvalue weighted by Gasteiger charge is 2.29. The molecular weight excluding hydrogens is 316 g/mol. The molecule has 0 radical (unpaired) electrons. The van der Waals surface area contributed by atoms with Gasteiger partial charge in [0.15, 0.2) is 0 Å². The maximum Gasteiger partial charge on any atom is 0.251 e. The average molecular weight is 340 g/mol. The van der Waals surface area contributed by atoms with E-state index in [1.54, 1.807) is 35.7 Å². The number of rotatable bonds is 6. The van der Waals surface area contributed by atoms with Crippen molar-refractivity contribution in [1.29, 1.82) is 0 Å². The fourth-order valence-corrected chi connectivity index (χ4v) is 4.40. The number of ether oxygens (including phenoxy) is 1. The second kappa shape index (κ2) is 7.79. The van der Waals surface area contributed by atoms with Crippen LogP contribution in [0.4, 0.5) is 0 Å².